The average Bonchev–Trinajstić information content (AvgIpc) is 2.84. The van der Waals surface area contributed by atoms with Crippen molar-refractivity contribution in [1.82, 2.24) is 0 Å². The van der Waals surface area contributed by atoms with E-state index in [1.54, 1.807) is 0 Å². The van der Waals surface area contributed by atoms with E-state index in [4.69, 9.17) is 0 Å². The minimum Gasteiger partial charge on any atom is -0.193 e. The minimum absolute atomic E-state index is 0.205. The number of hydrogen-bond donors (Lipinski definition) is 0. The first-order chi connectivity index (χ1) is 10.0. The summed E-state index contributed by atoms with van der Waals surface area (Å²) in [4.78, 5) is 0. The molecule has 1 nitrogen and oxygen atoms in total. The lowest BCUT2D eigenvalue weighted by molar-refractivity contribution is -0.671. The van der Waals surface area contributed by atoms with E-state index < -0.39 is 0 Å². The lowest BCUT2D eigenvalue weighted by Crippen LogP contribution is -2.31. The summed E-state index contributed by atoms with van der Waals surface area (Å²) in [6.07, 6.45) is 2.22. The molecule has 0 atom stereocenters. The van der Waals surface area contributed by atoms with Gasteiger partial charge in [-0.25, -0.2) is 0 Å². The largest absolute Gasteiger partial charge is 0.221 e. The smallest absolute Gasteiger partial charge is 0.193 e. The van der Waals surface area contributed by atoms with E-state index in [2.05, 4.69) is 80.1 Å². The number of benzene rings is 2. The van der Waals surface area contributed by atoms with Gasteiger partial charge in [0, 0.05) is 11.6 Å². The van der Waals surface area contributed by atoms with Crippen LogP contribution in [0.3, 0.4) is 0 Å². The summed E-state index contributed by atoms with van der Waals surface area (Å²) in [5.74, 6) is 0. The molecule has 0 N–H and O–H groups in total. The van der Waals surface area contributed by atoms with Crippen LogP contribution in [0.4, 0.5) is 0 Å². The number of fused-ring (bicyclic) bond motifs is 5. The van der Waals surface area contributed by atoms with Gasteiger partial charge in [0.15, 0.2) is 12.7 Å². The quantitative estimate of drug-likeness (QED) is 0.417. The summed E-state index contributed by atoms with van der Waals surface area (Å²) in [6.45, 7) is 7.82. The topological polar surface area (TPSA) is 3.88 Å². The maximum Gasteiger partial charge on any atom is 0.221 e. The Morgan fingerprint density at radius 2 is 1.76 bits per heavy atom. The van der Waals surface area contributed by atoms with Crippen molar-refractivity contribution in [3.8, 4) is 11.3 Å². The van der Waals surface area contributed by atoms with Crippen LogP contribution in [0.15, 0.2) is 54.7 Å². The van der Waals surface area contributed by atoms with Gasteiger partial charge in [-0.05, 0) is 34.6 Å². The Morgan fingerprint density at radius 1 is 0.952 bits per heavy atom. The van der Waals surface area contributed by atoms with Gasteiger partial charge in [0.05, 0.1) is 10.9 Å². The molecule has 0 radical (unpaired) electrons. The zero-order chi connectivity index (χ0) is 14.6. The van der Waals surface area contributed by atoms with E-state index in [0.717, 1.165) is 6.54 Å². The minimum atomic E-state index is 0.205. The highest BCUT2D eigenvalue weighted by atomic mass is 15.0. The molecule has 0 unspecified atom stereocenters. The van der Waals surface area contributed by atoms with Gasteiger partial charge in [-0.2, -0.15) is 4.57 Å². The molecule has 0 aliphatic carbocycles. The van der Waals surface area contributed by atoms with Crippen LogP contribution in [0.1, 0.15) is 31.9 Å². The SMILES string of the molecule is CC(C)(C)c1ccc2c(c1)C[n+]1ccc3ccccc3c1-2. The summed E-state index contributed by atoms with van der Waals surface area (Å²) in [5, 5.41) is 2.67. The zero-order valence-corrected chi connectivity index (χ0v) is 12.9. The molecule has 1 aliphatic rings. The molecule has 0 saturated heterocycles. The summed E-state index contributed by atoms with van der Waals surface area (Å²) in [7, 11) is 0. The lowest BCUT2D eigenvalue weighted by Gasteiger charge is -2.19. The van der Waals surface area contributed by atoms with Gasteiger partial charge < -0.3 is 0 Å². The molecule has 1 heteroatoms. The Balaban J connectivity index is 1.97. The molecule has 0 saturated carbocycles. The molecular formula is C20H20N+. The van der Waals surface area contributed by atoms with Crippen molar-refractivity contribution in [2.45, 2.75) is 32.7 Å². The Bertz CT molecular complexity index is 853. The second-order valence-corrected chi connectivity index (χ2v) is 7.00. The number of aromatic nitrogens is 1. The average molecular weight is 274 g/mol. The van der Waals surface area contributed by atoms with Gasteiger partial charge in [0.25, 0.3) is 0 Å². The van der Waals surface area contributed by atoms with Crippen LogP contribution in [0.5, 0.6) is 0 Å². The van der Waals surface area contributed by atoms with Gasteiger partial charge in [-0.3, -0.25) is 0 Å². The van der Waals surface area contributed by atoms with Gasteiger partial charge in [0.2, 0.25) is 5.69 Å². The fraction of sp³-hybridized carbons (Fsp3) is 0.250. The van der Waals surface area contributed by atoms with E-state index in [1.807, 2.05) is 0 Å². The maximum absolute atomic E-state index is 2.39. The van der Waals surface area contributed by atoms with E-state index in [0.29, 0.717) is 0 Å². The molecule has 0 spiro atoms. The number of hydrogen-bond acceptors (Lipinski definition) is 0. The van der Waals surface area contributed by atoms with Gasteiger partial charge in [-0.1, -0.05) is 45.0 Å². The summed E-state index contributed by atoms with van der Waals surface area (Å²) < 4.78 is 2.37. The molecule has 0 fully saturated rings. The normalized spacial score (nSPS) is 13.3. The Hall–Kier alpha value is -2.15. The van der Waals surface area contributed by atoms with E-state index in [1.165, 1.54) is 33.2 Å². The fourth-order valence-electron chi connectivity index (χ4n) is 3.29. The molecule has 4 rings (SSSR count). The molecule has 104 valence electrons. The molecule has 2 aromatic carbocycles. The van der Waals surface area contributed by atoms with Gasteiger partial charge >= 0.3 is 0 Å². The van der Waals surface area contributed by atoms with Crippen molar-refractivity contribution in [2.24, 2.45) is 0 Å². The third-order valence-corrected chi connectivity index (χ3v) is 4.50. The van der Waals surface area contributed by atoms with Crippen molar-refractivity contribution in [3.63, 3.8) is 0 Å². The van der Waals surface area contributed by atoms with Gasteiger partial charge in [0.1, 0.15) is 0 Å². The first-order valence-corrected chi connectivity index (χ1v) is 7.59. The van der Waals surface area contributed by atoms with Crippen molar-refractivity contribution >= 4 is 10.8 Å². The second-order valence-electron chi connectivity index (χ2n) is 7.00. The molecule has 0 amide bonds. The zero-order valence-electron chi connectivity index (χ0n) is 12.9. The van der Waals surface area contributed by atoms with E-state index >= 15 is 0 Å². The molecule has 21 heavy (non-hydrogen) atoms. The van der Waals surface area contributed by atoms with Crippen molar-refractivity contribution in [2.75, 3.05) is 0 Å². The van der Waals surface area contributed by atoms with Crippen LogP contribution in [-0.4, -0.2) is 0 Å². The highest BCUT2D eigenvalue weighted by Crippen LogP contribution is 2.35. The second kappa shape index (κ2) is 4.17. The van der Waals surface area contributed by atoms with Crippen LogP contribution >= 0.6 is 0 Å². The summed E-state index contributed by atoms with van der Waals surface area (Å²) in [6, 6.07) is 17.9. The third-order valence-electron chi connectivity index (χ3n) is 4.50. The van der Waals surface area contributed by atoms with Crippen LogP contribution in [0.2, 0.25) is 0 Å². The number of rotatable bonds is 0. The molecule has 2 heterocycles. The molecule has 1 aliphatic heterocycles. The Labute approximate surface area is 125 Å². The molecule has 3 aromatic rings. The Kier molecular flexibility index (Phi) is 2.50. The maximum atomic E-state index is 2.39. The Morgan fingerprint density at radius 3 is 2.57 bits per heavy atom. The fourth-order valence-corrected chi connectivity index (χ4v) is 3.29. The number of pyridine rings is 1. The van der Waals surface area contributed by atoms with Crippen LogP contribution in [0, 0.1) is 0 Å². The molecule has 1 aromatic heterocycles. The highest BCUT2D eigenvalue weighted by Gasteiger charge is 2.29. The van der Waals surface area contributed by atoms with E-state index in [9.17, 15) is 0 Å². The predicted molar refractivity (Wildman–Crippen MR) is 87.4 cm³/mol. The molecular weight excluding hydrogens is 254 g/mol. The monoisotopic (exact) mass is 274 g/mol. The van der Waals surface area contributed by atoms with Crippen molar-refractivity contribution in [1.29, 1.82) is 0 Å². The van der Waals surface area contributed by atoms with Crippen LogP contribution in [0.25, 0.3) is 22.0 Å². The first kappa shape index (κ1) is 12.6. The van der Waals surface area contributed by atoms with Crippen LogP contribution < -0.4 is 4.57 Å². The summed E-state index contributed by atoms with van der Waals surface area (Å²) in [5.41, 5.74) is 5.82. The lowest BCUT2D eigenvalue weighted by atomic mass is 9.85. The van der Waals surface area contributed by atoms with E-state index in [-0.39, 0.29) is 5.41 Å². The summed E-state index contributed by atoms with van der Waals surface area (Å²) >= 11 is 0. The van der Waals surface area contributed by atoms with Crippen LogP contribution in [-0.2, 0) is 12.0 Å². The molecule has 0 bridgehead atoms. The number of nitrogens with zero attached hydrogens (tertiary/aromatic N) is 1. The first-order valence-electron chi connectivity index (χ1n) is 7.59. The standard InChI is InChI=1S/C20H20N/c1-20(2,3)16-8-9-18-15(12-16)13-21-11-10-14-6-4-5-7-17(14)19(18)21/h4-12H,13H2,1-3H3/q+1. The predicted octanol–water partition coefficient (Wildman–Crippen LogP) is 4.45. The van der Waals surface area contributed by atoms with Gasteiger partial charge in [-0.15, -0.1) is 0 Å². The third kappa shape index (κ3) is 1.88. The highest BCUT2D eigenvalue weighted by molar-refractivity contribution is 5.94. The van der Waals surface area contributed by atoms with Crippen molar-refractivity contribution in [3.05, 3.63) is 65.9 Å². The van der Waals surface area contributed by atoms with Crippen molar-refractivity contribution < 1.29 is 4.57 Å².